The average Bonchev–Trinajstić information content (AvgIpc) is 2.98. The minimum Gasteiger partial charge on any atom is -0.465 e. The molecule has 1 aromatic carbocycles. The van der Waals surface area contributed by atoms with E-state index in [2.05, 4.69) is 18.7 Å². The van der Waals surface area contributed by atoms with Gasteiger partial charge in [0.25, 0.3) is 0 Å². The molecule has 0 amide bonds. The number of ether oxygens (including phenoxy) is 1. The van der Waals surface area contributed by atoms with Crippen molar-refractivity contribution in [3.8, 4) is 0 Å². The Morgan fingerprint density at radius 3 is 2.52 bits per heavy atom. The molecule has 1 heterocycles. The van der Waals surface area contributed by atoms with Crippen molar-refractivity contribution in [3.05, 3.63) is 59.5 Å². The van der Waals surface area contributed by atoms with E-state index in [4.69, 9.17) is 9.15 Å². The van der Waals surface area contributed by atoms with Crippen LogP contribution in [0.1, 0.15) is 37.4 Å². The fraction of sp³-hybridized carbons (Fsp3) is 0.524. The number of benzene rings is 1. The zero-order valence-electron chi connectivity index (χ0n) is 15.6. The van der Waals surface area contributed by atoms with Gasteiger partial charge >= 0.3 is 0 Å². The van der Waals surface area contributed by atoms with Crippen molar-refractivity contribution in [2.24, 2.45) is 5.92 Å². The van der Waals surface area contributed by atoms with Crippen LogP contribution in [0.2, 0.25) is 0 Å². The number of furan rings is 1. The van der Waals surface area contributed by atoms with Gasteiger partial charge in [0.2, 0.25) is 0 Å². The summed E-state index contributed by atoms with van der Waals surface area (Å²) in [5.74, 6) is 2.50. The second kappa shape index (κ2) is 10.4. The van der Waals surface area contributed by atoms with Crippen LogP contribution in [-0.2, 0) is 17.9 Å². The molecule has 0 aliphatic carbocycles. The second-order valence-electron chi connectivity index (χ2n) is 7.08. The van der Waals surface area contributed by atoms with E-state index in [-0.39, 0.29) is 0 Å². The quantitative estimate of drug-likeness (QED) is 0.668. The third-order valence-electron chi connectivity index (χ3n) is 4.09. The van der Waals surface area contributed by atoms with E-state index in [9.17, 15) is 5.11 Å². The van der Waals surface area contributed by atoms with Gasteiger partial charge in [0.15, 0.2) is 0 Å². The maximum Gasteiger partial charge on any atom is 0.118 e. The molecule has 2 aromatic rings. The normalized spacial score (nSPS) is 12.9. The number of rotatable bonds is 11. The van der Waals surface area contributed by atoms with Crippen LogP contribution < -0.4 is 0 Å². The molecule has 4 nitrogen and oxygen atoms in total. The van der Waals surface area contributed by atoms with Crippen LogP contribution in [0.15, 0.2) is 46.9 Å². The maximum absolute atomic E-state index is 10.3. The summed E-state index contributed by atoms with van der Waals surface area (Å²) < 4.78 is 11.3. The zero-order chi connectivity index (χ0) is 18.1. The summed E-state index contributed by atoms with van der Waals surface area (Å²) in [6, 6.07) is 14.0. The molecule has 0 spiro atoms. The van der Waals surface area contributed by atoms with Gasteiger partial charge < -0.3 is 14.3 Å². The molecule has 0 unspecified atom stereocenters. The Morgan fingerprint density at radius 2 is 1.88 bits per heavy atom. The van der Waals surface area contributed by atoms with Gasteiger partial charge in [-0.25, -0.2) is 0 Å². The monoisotopic (exact) mass is 345 g/mol. The smallest absolute Gasteiger partial charge is 0.118 e. The first-order chi connectivity index (χ1) is 12.0. The van der Waals surface area contributed by atoms with Crippen molar-refractivity contribution in [1.82, 2.24) is 4.90 Å². The first-order valence-electron chi connectivity index (χ1n) is 9.10. The molecule has 4 heteroatoms. The summed E-state index contributed by atoms with van der Waals surface area (Å²) in [6.45, 7) is 9.49. The van der Waals surface area contributed by atoms with E-state index in [0.29, 0.717) is 25.7 Å². The topological polar surface area (TPSA) is 45.8 Å². The summed E-state index contributed by atoms with van der Waals surface area (Å²) in [7, 11) is 0. The lowest BCUT2D eigenvalue weighted by atomic mass is 10.1. The predicted molar refractivity (Wildman–Crippen MR) is 100 cm³/mol. The Kier molecular flexibility index (Phi) is 8.19. The molecule has 0 fully saturated rings. The van der Waals surface area contributed by atoms with Gasteiger partial charge in [0.05, 0.1) is 25.9 Å². The lowest BCUT2D eigenvalue weighted by Gasteiger charge is -2.25. The summed E-state index contributed by atoms with van der Waals surface area (Å²) >= 11 is 0. The highest BCUT2D eigenvalue weighted by Gasteiger charge is 2.15. The Hall–Kier alpha value is -1.62. The van der Waals surface area contributed by atoms with Crippen LogP contribution in [-0.4, -0.2) is 35.8 Å². The van der Waals surface area contributed by atoms with Gasteiger partial charge in [-0.1, -0.05) is 44.2 Å². The predicted octanol–water partition coefficient (Wildman–Crippen LogP) is 4.01. The van der Waals surface area contributed by atoms with E-state index in [1.54, 1.807) is 0 Å². The maximum atomic E-state index is 10.3. The third kappa shape index (κ3) is 7.86. The SMILES string of the molecule is Cc1ccc(CN(CCC(C)C)C[C@H](O)COCc2ccccc2)o1. The summed E-state index contributed by atoms with van der Waals surface area (Å²) in [5, 5.41) is 10.3. The molecule has 1 atom stereocenters. The van der Waals surface area contributed by atoms with Crippen molar-refractivity contribution in [1.29, 1.82) is 0 Å². The second-order valence-corrected chi connectivity index (χ2v) is 7.08. The number of hydrogen-bond acceptors (Lipinski definition) is 4. The van der Waals surface area contributed by atoms with E-state index in [1.165, 1.54) is 0 Å². The number of aliphatic hydroxyl groups excluding tert-OH is 1. The number of aryl methyl sites for hydroxylation is 1. The van der Waals surface area contributed by atoms with Gasteiger partial charge in [-0.05, 0) is 43.5 Å². The summed E-state index contributed by atoms with van der Waals surface area (Å²) in [5.41, 5.74) is 1.12. The molecule has 25 heavy (non-hydrogen) atoms. The lowest BCUT2D eigenvalue weighted by Crippen LogP contribution is -2.35. The van der Waals surface area contributed by atoms with Crippen LogP contribution in [0.3, 0.4) is 0 Å². The Morgan fingerprint density at radius 1 is 1.12 bits per heavy atom. The molecule has 0 saturated carbocycles. The first kappa shape index (κ1) is 19.7. The molecule has 0 aliphatic rings. The van der Waals surface area contributed by atoms with Crippen LogP contribution in [0.5, 0.6) is 0 Å². The summed E-state index contributed by atoms with van der Waals surface area (Å²) in [6.07, 6.45) is 0.587. The number of hydrogen-bond donors (Lipinski definition) is 1. The highest BCUT2D eigenvalue weighted by atomic mass is 16.5. The van der Waals surface area contributed by atoms with Crippen LogP contribution in [0.25, 0.3) is 0 Å². The van der Waals surface area contributed by atoms with E-state index in [0.717, 1.165) is 36.6 Å². The zero-order valence-corrected chi connectivity index (χ0v) is 15.6. The van der Waals surface area contributed by atoms with Gasteiger partial charge in [-0.2, -0.15) is 0 Å². The van der Waals surface area contributed by atoms with E-state index < -0.39 is 6.10 Å². The van der Waals surface area contributed by atoms with Crippen molar-refractivity contribution in [2.45, 2.75) is 46.4 Å². The van der Waals surface area contributed by atoms with Crippen molar-refractivity contribution < 1.29 is 14.3 Å². The highest BCUT2D eigenvalue weighted by molar-refractivity contribution is 5.13. The van der Waals surface area contributed by atoms with Crippen LogP contribution >= 0.6 is 0 Å². The molecule has 2 rings (SSSR count). The summed E-state index contributed by atoms with van der Waals surface area (Å²) in [4.78, 5) is 2.24. The Bertz CT molecular complexity index is 594. The van der Waals surface area contributed by atoms with Crippen molar-refractivity contribution in [3.63, 3.8) is 0 Å². The fourth-order valence-electron chi connectivity index (χ4n) is 2.70. The molecule has 1 aromatic heterocycles. The first-order valence-corrected chi connectivity index (χ1v) is 9.10. The Labute approximate surface area is 151 Å². The van der Waals surface area contributed by atoms with E-state index >= 15 is 0 Å². The minimum absolute atomic E-state index is 0.338. The minimum atomic E-state index is -0.507. The number of nitrogens with zero attached hydrogens (tertiary/aromatic N) is 1. The van der Waals surface area contributed by atoms with Crippen molar-refractivity contribution in [2.75, 3.05) is 19.7 Å². The van der Waals surface area contributed by atoms with Gasteiger partial charge in [0.1, 0.15) is 11.5 Å². The third-order valence-corrected chi connectivity index (χ3v) is 4.09. The molecule has 0 aliphatic heterocycles. The van der Waals surface area contributed by atoms with Crippen molar-refractivity contribution >= 4 is 0 Å². The molecular weight excluding hydrogens is 314 g/mol. The van der Waals surface area contributed by atoms with Gasteiger partial charge in [-0.3, -0.25) is 4.90 Å². The molecule has 0 saturated heterocycles. The molecular formula is C21H31NO3. The van der Waals surface area contributed by atoms with Gasteiger partial charge in [0, 0.05) is 6.54 Å². The molecule has 138 valence electrons. The van der Waals surface area contributed by atoms with E-state index in [1.807, 2.05) is 49.4 Å². The molecule has 0 radical (unpaired) electrons. The largest absolute Gasteiger partial charge is 0.465 e. The number of aliphatic hydroxyl groups is 1. The Balaban J connectivity index is 1.79. The standard InChI is InChI=1S/C21H31NO3/c1-17(2)11-12-22(14-21-10-9-18(3)25-21)13-20(23)16-24-15-19-7-5-4-6-8-19/h4-10,17,20,23H,11-16H2,1-3H3/t20-/m0/s1. The fourth-order valence-corrected chi connectivity index (χ4v) is 2.70. The molecule has 0 bridgehead atoms. The molecule has 1 N–H and O–H groups in total. The lowest BCUT2D eigenvalue weighted by molar-refractivity contribution is 0.00691. The van der Waals surface area contributed by atoms with Crippen LogP contribution in [0, 0.1) is 12.8 Å². The van der Waals surface area contributed by atoms with Crippen LogP contribution in [0.4, 0.5) is 0 Å². The highest BCUT2D eigenvalue weighted by Crippen LogP contribution is 2.12. The van der Waals surface area contributed by atoms with Gasteiger partial charge in [-0.15, -0.1) is 0 Å². The average molecular weight is 345 g/mol.